The summed E-state index contributed by atoms with van der Waals surface area (Å²) >= 11 is 0. The van der Waals surface area contributed by atoms with E-state index in [4.69, 9.17) is 9.97 Å². The minimum absolute atomic E-state index is 0.00656. The number of alkyl halides is 9. The highest BCUT2D eigenvalue weighted by Gasteiger charge is 2.41. The number of hydrogen-bond acceptors (Lipinski definition) is 7. The van der Waals surface area contributed by atoms with Crippen LogP contribution in [0.2, 0.25) is 19.6 Å². The van der Waals surface area contributed by atoms with Gasteiger partial charge < -0.3 is 35.8 Å². The number of imidazole rings is 1. The molecule has 4 amide bonds. The zero-order valence-electron chi connectivity index (χ0n) is 50.7. The van der Waals surface area contributed by atoms with Crippen molar-refractivity contribution in [2.75, 3.05) is 21.3 Å². The third-order valence-corrected chi connectivity index (χ3v) is 16.2. The number of anilines is 4. The number of hydrogen-bond donors (Lipinski definition) is 6. The first kappa shape index (κ1) is 64.3. The van der Waals surface area contributed by atoms with E-state index in [2.05, 4.69) is 51.4 Å². The number of carbonyl (C=O) groups is 4. The molecule has 10 aromatic rings. The first-order chi connectivity index (χ1) is 45.7. The Bertz CT molecular complexity index is 5030. The molecule has 0 atom stereocenters. The molecule has 0 spiro atoms. The summed E-state index contributed by atoms with van der Waals surface area (Å²) in [5, 5.41) is 8.96. The monoisotopic (exact) mass is 1320 g/mol. The fourth-order valence-corrected chi connectivity index (χ4v) is 11.6. The van der Waals surface area contributed by atoms with Crippen molar-refractivity contribution in [3.8, 4) is 67.2 Å². The average molecular weight is 1320 g/mol. The molecule has 2 aliphatic rings. The summed E-state index contributed by atoms with van der Waals surface area (Å²) in [5.74, 6) is -4.16. The van der Waals surface area contributed by atoms with Crippen LogP contribution in [0.4, 0.5) is 62.3 Å². The molecule has 8 bridgehead atoms. The van der Waals surface area contributed by atoms with E-state index in [9.17, 15) is 58.7 Å². The van der Waals surface area contributed by atoms with E-state index >= 15 is 0 Å². The maximum atomic E-state index is 14.8. The van der Waals surface area contributed by atoms with Gasteiger partial charge in [-0.1, -0.05) is 123 Å². The van der Waals surface area contributed by atoms with Crippen molar-refractivity contribution >= 4 is 101 Å². The molecule has 0 aliphatic carbocycles. The normalized spacial score (nSPS) is 12.2. The van der Waals surface area contributed by atoms with Gasteiger partial charge in [0.25, 0.3) is 5.91 Å². The minimum Gasteiger partial charge on any atom is -0.354 e. The molecule has 0 fully saturated rings. The second-order valence-corrected chi connectivity index (χ2v) is 27.9. The smallest absolute Gasteiger partial charge is 0.354 e. The van der Waals surface area contributed by atoms with Gasteiger partial charge in [0.05, 0.1) is 41.0 Å². The van der Waals surface area contributed by atoms with Crippen molar-refractivity contribution in [2.45, 2.75) is 44.7 Å². The van der Waals surface area contributed by atoms with Crippen LogP contribution in [0.3, 0.4) is 0 Å². The van der Waals surface area contributed by atoms with Crippen molar-refractivity contribution in [3.05, 3.63) is 222 Å². The second-order valence-electron chi connectivity index (χ2n) is 23.2. The minimum atomic E-state index is -5.35. The summed E-state index contributed by atoms with van der Waals surface area (Å²) in [6, 6.07) is 44.6. The predicted octanol–water partition coefficient (Wildman–Crippen LogP) is 17.2. The van der Waals surface area contributed by atoms with Gasteiger partial charge in [0.1, 0.15) is 8.07 Å². The van der Waals surface area contributed by atoms with Crippen molar-refractivity contribution < 1.29 is 58.7 Å². The van der Waals surface area contributed by atoms with E-state index in [0.717, 1.165) is 22.4 Å². The molecule has 0 unspecified atom stereocenters. The third kappa shape index (κ3) is 13.8. The summed E-state index contributed by atoms with van der Waals surface area (Å²) in [6.45, 7) is 6.86. The molecule has 4 aromatic heterocycles. The summed E-state index contributed by atoms with van der Waals surface area (Å²) in [6.07, 6.45) is -6.47. The van der Waals surface area contributed by atoms with Gasteiger partial charge in [0.15, 0.2) is 0 Å². The van der Waals surface area contributed by atoms with Crippen LogP contribution in [-0.4, -0.2) is 79.7 Å². The molecule has 96 heavy (non-hydrogen) atoms. The number of halogens is 9. The standard InChI is InChI=1S/C72H51F9N10O4Si/c1-96(2,3)36-35-41-23-25-43(26-24-41)61-38-82-40-91(61)39-42-13-12-14-44(37-42)66(92)87-49-19-8-4-15-45(49)62-53-27-29-55(83-53)63(46-16-5-9-20-50(46)88-67(93)70(73,74)75)57-31-33-59(85-57)65(48-18-7-11-22-52(48)90-69(95)72(79,80)81)60-34-32-58(86-60)64(56-30-28-54(62)84-56)47-17-6-10-21-51(47)89-68(94)71(76,77)78/h4-34,37-38,40,83,86H,39H2,1-3H3,(H,87,92)(H,88,93)(H,89,94)(H,90,95). The zero-order chi connectivity index (χ0) is 67.8. The van der Waals surface area contributed by atoms with Gasteiger partial charge in [-0.2, -0.15) is 39.5 Å². The molecule has 24 heteroatoms. The number of rotatable bonds is 12. The number of fused-ring (bicyclic) bond motifs is 8. The van der Waals surface area contributed by atoms with Crippen LogP contribution in [0.5, 0.6) is 0 Å². The number of para-hydroxylation sites is 4. The molecule has 2 aliphatic heterocycles. The van der Waals surface area contributed by atoms with Crippen LogP contribution in [0.1, 0.15) is 44.3 Å². The van der Waals surface area contributed by atoms with Gasteiger partial charge in [-0.05, 0) is 108 Å². The molecule has 0 saturated carbocycles. The quantitative estimate of drug-likeness (QED) is 0.0398. The van der Waals surface area contributed by atoms with Gasteiger partial charge in [-0.25, -0.2) is 15.0 Å². The van der Waals surface area contributed by atoms with E-state index in [-0.39, 0.29) is 107 Å². The first-order valence-electron chi connectivity index (χ1n) is 29.5. The number of carbonyl (C=O) groups excluding carboxylic acids is 4. The Hall–Kier alpha value is -11.8. The van der Waals surface area contributed by atoms with E-state index in [0.29, 0.717) is 17.7 Å². The first-order valence-corrected chi connectivity index (χ1v) is 33.0. The van der Waals surface area contributed by atoms with Crippen LogP contribution >= 0.6 is 0 Å². The molecule has 0 saturated heterocycles. The number of H-pyrrole nitrogens is 2. The Morgan fingerprint density at radius 3 is 1.22 bits per heavy atom. The Morgan fingerprint density at radius 1 is 0.469 bits per heavy atom. The van der Waals surface area contributed by atoms with Crippen LogP contribution in [0.15, 0.2) is 182 Å². The summed E-state index contributed by atoms with van der Waals surface area (Å²) < 4.78 is 129. The molecule has 480 valence electrons. The lowest BCUT2D eigenvalue weighted by Crippen LogP contribution is -2.30. The van der Waals surface area contributed by atoms with E-state index in [1.165, 1.54) is 97.1 Å². The lowest BCUT2D eigenvalue weighted by molar-refractivity contribution is -0.167. The maximum absolute atomic E-state index is 14.8. The van der Waals surface area contributed by atoms with Crippen molar-refractivity contribution in [1.82, 2.24) is 29.5 Å². The summed E-state index contributed by atoms with van der Waals surface area (Å²) in [5.41, 5.74) is 8.18. The molecule has 14 nitrogen and oxygen atoms in total. The molecular weight excluding hydrogens is 1270 g/mol. The van der Waals surface area contributed by atoms with Crippen LogP contribution in [-0.2, 0) is 20.9 Å². The Morgan fingerprint density at radius 2 is 0.844 bits per heavy atom. The number of benzene rings is 6. The average Bonchev–Trinajstić information content (AvgIpc) is 1.59. The zero-order valence-corrected chi connectivity index (χ0v) is 51.7. The van der Waals surface area contributed by atoms with Crippen molar-refractivity contribution in [2.24, 2.45) is 0 Å². The number of aromatic amines is 2. The number of nitrogens with one attached hydrogen (secondary N) is 6. The molecular formula is C72H51F9N10O4Si. The Balaban J connectivity index is 1.07. The number of nitrogens with zero attached hydrogens (tertiary/aromatic N) is 4. The van der Waals surface area contributed by atoms with Gasteiger partial charge in [-0.15, -0.1) is 5.54 Å². The molecule has 6 N–H and O–H groups in total. The largest absolute Gasteiger partial charge is 0.471 e. The molecule has 6 aromatic carbocycles. The lowest BCUT2D eigenvalue weighted by Gasteiger charge is -2.15. The maximum Gasteiger partial charge on any atom is 0.471 e. The van der Waals surface area contributed by atoms with Crippen LogP contribution < -0.4 is 21.3 Å². The topological polar surface area (TPSA) is 192 Å². The van der Waals surface area contributed by atoms with Crippen molar-refractivity contribution in [1.29, 1.82) is 0 Å². The van der Waals surface area contributed by atoms with Crippen molar-refractivity contribution in [3.63, 3.8) is 0 Å². The Labute approximate surface area is 541 Å². The molecule has 6 heterocycles. The highest BCUT2D eigenvalue weighted by molar-refractivity contribution is 6.83. The SMILES string of the molecule is C[Si](C)(C)C#Cc1ccc(-c2cncn2Cc2cccc(C(=O)Nc3ccccc3-c3c4nc(c(-c5ccccc5NC(=O)C(F)(F)F)c5ccc([nH]5)c(-c5ccccc5NC(=O)C(F)(F)F)c5nc(c(-c6ccccc6NC(=O)C(F)(F)F)c6ccc3[nH]6)C=C5)C=C4)c2)cc1. The summed E-state index contributed by atoms with van der Waals surface area (Å²) in [4.78, 5) is 74.2. The summed E-state index contributed by atoms with van der Waals surface area (Å²) in [7, 11) is -1.61. The predicted molar refractivity (Wildman–Crippen MR) is 356 cm³/mol. The number of amides is 4. The van der Waals surface area contributed by atoms with Gasteiger partial charge in [0, 0.05) is 107 Å². The molecule has 12 rings (SSSR count). The van der Waals surface area contributed by atoms with Gasteiger partial charge >= 0.3 is 36.3 Å². The van der Waals surface area contributed by atoms with E-state index < -0.39 is 50.2 Å². The van der Waals surface area contributed by atoms with E-state index in [1.807, 2.05) is 50.8 Å². The van der Waals surface area contributed by atoms with Gasteiger partial charge in [-0.3, -0.25) is 19.2 Å². The van der Waals surface area contributed by atoms with Gasteiger partial charge in [0.2, 0.25) is 0 Å². The highest BCUT2D eigenvalue weighted by Crippen LogP contribution is 2.44. The Kier molecular flexibility index (Phi) is 17.1. The second kappa shape index (κ2) is 25.6. The third-order valence-electron chi connectivity index (χ3n) is 15.3. The van der Waals surface area contributed by atoms with E-state index in [1.54, 1.807) is 79.3 Å². The van der Waals surface area contributed by atoms with Crippen LogP contribution in [0, 0.1) is 11.5 Å². The number of aromatic nitrogens is 6. The fraction of sp³-hybridized carbons (Fsp3) is 0.0972. The lowest BCUT2D eigenvalue weighted by atomic mass is 10.0. The van der Waals surface area contributed by atoms with Crippen LogP contribution in [0.25, 0.3) is 102 Å². The highest BCUT2D eigenvalue weighted by atomic mass is 28.3. The molecule has 0 radical (unpaired) electrons. The fourth-order valence-electron chi connectivity index (χ4n) is 11.0.